The van der Waals surface area contributed by atoms with Crippen LogP contribution in [0, 0.1) is 0 Å². The number of nitrogen functional groups attached to an aromatic ring is 1. The topological polar surface area (TPSA) is 53.1 Å². The number of alkyl halides is 3. The predicted molar refractivity (Wildman–Crippen MR) is 109 cm³/mol. The number of hydrogen-bond donors (Lipinski definition) is 1. The Labute approximate surface area is 170 Å². The Morgan fingerprint density at radius 3 is 2.83 bits per heavy atom. The van der Waals surface area contributed by atoms with Crippen LogP contribution in [0.1, 0.15) is 31.7 Å². The van der Waals surface area contributed by atoms with Gasteiger partial charge in [-0.25, -0.2) is 4.98 Å². The van der Waals surface area contributed by atoms with Crippen molar-refractivity contribution in [3.8, 4) is 5.75 Å². The third-order valence-corrected chi connectivity index (χ3v) is 5.99. The summed E-state index contributed by atoms with van der Waals surface area (Å²) in [6, 6.07) is 10.2. The van der Waals surface area contributed by atoms with Crippen molar-refractivity contribution in [3.05, 3.63) is 59.9 Å². The van der Waals surface area contributed by atoms with Gasteiger partial charge in [0, 0.05) is 17.7 Å². The number of benzene rings is 2. The Bertz CT molecular complexity index is 1110. The number of para-hydroxylation sites is 1. The van der Waals surface area contributed by atoms with Gasteiger partial charge in [0.15, 0.2) is 5.82 Å². The molecule has 0 saturated heterocycles. The lowest BCUT2D eigenvalue weighted by Crippen LogP contribution is -2.21. The summed E-state index contributed by atoms with van der Waals surface area (Å²) in [5, 5.41) is -1.85. The molecule has 1 atom stereocenters. The van der Waals surface area contributed by atoms with Gasteiger partial charge in [0.25, 0.3) is 0 Å². The fourth-order valence-electron chi connectivity index (χ4n) is 3.38. The first-order valence-corrected chi connectivity index (χ1v) is 10.0. The first-order chi connectivity index (χ1) is 13.8. The number of halogens is 3. The Morgan fingerprint density at radius 2 is 2.10 bits per heavy atom. The van der Waals surface area contributed by atoms with Crippen LogP contribution in [0.4, 0.5) is 18.9 Å². The van der Waals surface area contributed by atoms with Crippen LogP contribution in [0.5, 0.6) is 5.75 Å². The van der Waals surface area contributed by atoms with Crippen LogP contribution < -0.4 is 10.5 Å². The number of fused-ring (bicyclic) bond motifs is 2. The van der Waals surface area contributed by atoms with Crippen molar-refractivity contribution >= 4 is 28.5 Å². The second-order valence-electron chi connectivity index (χ2n) is 6.85. The van der Waals surface area contributed by atoms with E-state index in [2.05, 4.69) is 4.98 Å². The van der Waals surface area contributed by atoms with Crippen molar-refractivity contribution in [1.29, 1.82) is 0 Å². The van der Waals surface area contributed by atoms with Gasteiger partial charge in [0.2, 0.25) is 0 Å². The zero-order valence-electron chi connectivity index (χ0n) is 16.0. The third-order valence-electron chi connectivity index (χ3n) is 4.77. The van der Waals surface area contributed by atoms with Gasteiger partial charge in [-0.05, 0) is 49.0 Å². The minimum absolute atomic E-state index is 0.0619. The van der Waals surface area contributed by atoms with Crippen molar-refractivity contribution < 1.29 is 17.9 Å². The van der Waals surface area contributed by atoms with E-state index in [1.807, 2.05) is 0 Å². The van der Waals surface area contributed by atoms with Crippen LogP contribution in [0.15, 0.2) is 53.4 Å². The number of nitrogens with zero attached hydrogens (tertiary/aromatic N) is 2. The lowest BCUT2D eigenvalue weighted by atomic mass is 10.2. The van der Waals surface area contributed by atoms with Crippen molar-refractivity contribution in [2.75, 3.05) is 5.73 Å². The summed E-state index contributed by atoms with van der Waals surface area (Å²) in [5.41, 5.74) is 7.75. The summed E-state index contributed by atoms with van der Waals surface area (Å²) in [7, 11) is 0. The van der Waals surface area contributed by atoms with Crippen molar-refractivity contribution in [1.82, 2.24) is 9.55 Å². The van der Waals surface area contributed by atoms with Crippen LogP contribution in [0.25, 0.3) is 11.0 Å². The Morgan fingerprint density at radius 1 is 1.31 bits per heavy atom. The van der Waals surface area contributed by atoms with Crippen LogP contribution in [0.3, 0.4) is 0 Å². The molecule has 0 aliphatic carbocycles. The van der Waals surface area contributed by atoms with Crippen molar-refractivity contribution in [2.45, 2.75) is 42.8 Å². The molecule has 8 heteroatoms. The highest BCUT2D eigenvalue weighted by Gasteiger charge is 2.41. The second-order valence-corrected chi connectivity index (χ2v) is 8.11. The van der Waals surface area contributed by atoms with Gasteiger partial charge >= 0.3 is 11.1 Å². The van der Waals surface area contributed by atoms with E-state index in [9.17, 15) is 13.2 Å². The monoisotopic (exact) mass is 419 g/mol. The molecular weight excluding hydrogens is 399 g/mol. The van der Waals surface area contributed by atoms with Gasteiger partial charge in [-0.2, -0.15) is 13.2 Å². The molecule has 3 aromatic rings. The first-order valence-electron chi connectivity index (χ1n) is 9.23. The van der Waals surface area contributed by atoms with E-state index in [1.54, 1.807) is 43.3 Å². The maximum Gasteiger partial charge on any atom is 0.323 e. The molecule has 4 rings (SSSR count). The van der Waals surface area contributed by atoms with Gasteiger partial charge in [-0.15, -0.1) is 0 Å². The zero-order valence-corrected chi connectivity index (χ0v) is 16.8. The van der Waals surface area contributed by atoms with Crippen molar-refractivity contribution in [2.24, 2.45) is 0 Å². The van der Waals surface area contributed by atoms with Crippen LogP contribution in [-0.4, -0.2) is 14.7 Å². The average Bonchev–Trinajstić information content (AvgIpc) is 3.20. The highest BCUT2D eigenvalue weighted by atomic mass is 32.2. The summed E-state index contributed by atoms with van der Waals surface area (Å²) in [5.74, 6) is -3.29. The molecule has 2 N–H and O–H groups in total. The third kappa shape index (κ3) is 3.46. The van der Waals surface area contributed by atoms with Gasteiger partial charge < -0.3 is 15.0 Å². The van der Waals surface area contributed by atoms with Crippen LogP contribution >= 0.6 is 11.8 Å². The molecule has 4 nitrogen and oxygen atoms in total. The molecular formula is C21H20F3N3OS. The molecule has 2 aromatic carbocycles. The number of thioether (sulfide) groups is 1. The van der Waals surface area contributed by atoms with Gasteiger partial charge in [-0.1, -0.05) is 25.1 Å². The summed E-state index contributed by atoms with van der Waals surface area (Å²) in [6.07, 6.45) is 2.26. The Hall–Kier alpha value is -2.61. The molecule has 1 aliphatic rings. The highest BCUT2D eigenvalue weighted by Crippen LogP contribution is 2.51. The largest absolute Gasteiger partial charge is 0.447 e. The van der Waals surface area contributed by atoms with Crippen molar-refractivity contribution in [3.63, 3.8) is 0 Å². The quantitative estimate of drug-likeness (QED) is 0.416. The van der Waals surface area contributed by atoms with E-state index >= 15 is 0 Å². The summed E-state index contributed by atoms with van der Waals surface area (Å²) < 4.78 is 51.4. The zero-order chi connectivity index (χ0) is 20.8. The SMILES string of the molecule is C/C=C/C(F)(F)c1nc2cc(N)ccc2n1Cc1cccc2c1OC(F)(CC)S2. The second kappa shape index (κ2) is 7.02. The molecule has 0 radical (unpaired) electrons. The number of ether oxygens (including phenoxy) is 1. The number of aromatic nitrogens is 2. The molecule has 0 bridgehead atoms. The number of nitrogens with two attached hydrogens (primary N) is 1. The van der Waals surface area contributed by atoms with Gasteiger partial charge in [-0.3, -0.25) is 0 Å². The Balaban J connectivity index is 1.85. The number of rotatable bonds is 5. The predicted octanol–water partition coefficient (Wildman–Crippen LogP) is 5.85. The van der Waals surface area contributed by atoms with E-state index in [0.717, 1.165) is 17.8 Å². The van der Waals surface area contributed by atoms with Gasteiger partial charge in [0.05, 0.1) is 22.5 Å². The first kappa shape index (κ1) is 19.7. The van der Waals surface area contributed by atoms with E-state index in [-0.39, 0.29) is 13.0 Å². The van der Waals surface area contributed by atoms with E-state index in [4.69, 9.17) is 10.5 Å². The summed E-state index contributed by atoms with van der Waals surface area (Å²) >= 11 is 0.999. The molecule has 0 spiro atoms. The standard InChI is InChI=1S/C21H20F3N3OS/c1-3-10-20(22,23)19-26-15-11-14(25)8-9-16(15)27(19)12-13-6-5-7-17-18(13)28-21(24,4-2)29-17/h3,5-11H,4,12,25H2,1-2H3/b10-3+. The fourth-order valence-corrected chi connectivity index (χ4v) is 4.39. The molecule has 152 valence electrons. The summed E-state index contributed by atoms with van der Waals surface area (Å²) in [4.78, 5) is 4.81. The molecule has 0 amide bonds. The molecule has 29 heavy (non-hydrogen) atoms. The summed E-state index contributed by atoms with van der Waals surface area (Å²) in [6.45, 7) is 3.29. The molecule has 0 saturated carbocycles. The normalized spacial score (nSPS) is 19.1. The smallest absolute Gasteiger partial charge is 0.323 e. The molecule has 0 fully saturated rings. The molecule has 1 aliphatic heterocycles. The lowest BCUT2D eigenvalue weighted by Gasteiger charge is -2.18. The molecule has 1 aromatic heterocycles. The molecule has 1 unspecified atom stereocenters. The average molecular weight is 419 g/mol. The molecule has 2 heterocycles. The Kier molecular flexibility index (Phi) is 4.77. The van der Waals surface area contributed by atoms with E-state index in [1.165, 1.54) is 17.6 Å². The lowest BCUT2D eigenvalue weighted by molar-refractivity contribution is 0.0312. The van der Waals surface area contributed by atoms with E-state index < -0.39 is 16.9 Å². The minimum atomic E-state index is -3.27. The highest BCUT2D eigenvalue weighted by molar-refractivity contribution is 8.00. The van der Waals surface area contributed by atoms with Crippen LogP contribution in [-0.2, 0) is 12.5 Å². The fraction of sp³-hybridized carbons (Fsp3) is 0.286. The van der Waals surface area contributed by atoms with Crippen LogP contribution in [0.2, 0.25) is 0 Å². The number of hydrogen-bond acceptors (Lipinski definition) is 4. The number of anilines is 1. The van der Waals surface area contributed by atoms with E-state index in [0.29, 0.717) is 32.9 Å². The van der Waals surface area contributed by atoms with Gasteiger partial charge in [0.1, 0.15) is 5.75 Å². The maximum absolute atomic E-state index is 14.8. The maximum atomic E-state index is 14.8. The number of imidazole rings is 1. The number of allylic oxidation sites excluding steroid dienone is 2. The minimum Gasteiger partial charge on any atom is -0.447 e.